The Kier molecular flexibility index (Phi) is 9.82. The molecule has 1 saturated carbocycles. The lowest BCUT2D eigenvalue weighted by Gasteiger charge is -2.52. The maximum Gasteiger partial charge on any atom is 0.413 e. The van der Waals surface area contributed by atoms with Crippen molar-refractivity contribution in [1.82, 2.24) is 25.5 Å². The Morgan fingerprint density at radius 1 is 1.00 bits per heavy atom. The monoisotopic (exact) mass is 794 g/mol. The molecule has 1 atom stereocenters. The van der Waals surface area contributed by atoms with Gasteiger partial charge in [0.2, 0.25) is 17.7 Å². The molecule has 1 aliphatic carbocycles. The number of aromatic nitrogens is 2. The van der Waals surface area contributed by atoms with E-state index in [4.69, 9.17) is 9.47 Å². The number of benzene rings is 2. The summed E-state index contributed by atoms with van der Waals surface area (Å²) in [7, 11) is 0. The maximum atomic E-state index is 15.3. The Bertz CT molecular complexity index is 2320. The summed E-state index contributed by atoms with van der Waals surface area (Å²) in [5.74, 6) is -1.44. The number of nitrogens with one attached hydrogen (secondary N) is 4. The first-order valence-electron chi connectivity index (χ1n) is 19.8. The number of ether oxygens (including phenoxy) is 2. The minimum atomic E-state index is -0.870. The fourth-order valence-electron chi connectivity index (χ4n) is 9.04. The van der Waals surface area contributed by atoms with Crippen LogP contribution in [0.15, 0.2) is 48.8 Å². The van der Waals surface area contributed by atoms with Crippen molar-refractivity contribution in [2.45, 2.75) is 57.6 Å². The summed E-state index contributed by atoms with van der Waals surface area (Å²) in [6, 6.07) is 8.53. The van der Waals surface area contributed by atoms with E-state index in [-0.39, 0.29) is 35.8 Å². The van der Waals surface area contributed by atoms with Crippen LogP contribution in [0.25, 0.3) is 21.9 Å². The van der Waals surface area contributed by atoms with E-state index >= 15 is 4.39 Å². The van der Waals surface area contributed by atoms with Gasteiger partial charge in [-0.1, -0.05) is 0 Å². The summed E-state index contributed by atoms with van der Waals surface area (Å²) in [6.07, 6.45) is 6.43. The highest BCUT2D eigenvalue weighted by atomic mass is 19.1. The largest absolute Gasteiger partial charge is 0.474 e. The molecular weight excluding hydrogens is 751 g/mol. The average molecular weight is 795 g/mol. The summed E-state index contributed by atoms with van der Waals surface area (Å²) in [5.41, 5.74) is 3.38. The fourth-order valence-corrected chi connectivity index (χ4v) is 9.04. The predicted molar refractivity (Wildman–Crippen MR) is 211 cm³/mol. The number of nitrogens with zero attached hydrogens (tertiary/aromatic N) is 4. The van der Waals surface area contributed by atoms with E-state index in [2.05, 4.69) is 41.0 Å². The van der Waals surface area contributed by atoms with E-state index in [9.17, 15) is 23.6 Å². The molecule has 2 aromatic carbocycles. The normalized spacial score (nSPS) is 20.6. The highest BCUT2D eigenvalue weighted by molar-refractivity contribution is 6.04. The number of imide groups is 1. The van der Waals surface area contributed by atoms with Crippen LogP contribution in [0.5, 0.6) is 5.88 Å². The van der Waals surface area contributed by atoms with Crippen molar-refractivity contribution in [3.63, 3.8) is 0 Å². The molecule has 302 valence electrons. The number of likely N-dealkylation sites (tertiary alicyclic amines) is 1. The minimum absolute atomic E-state index is 0.120. The third-order valence-corrected chi connectivity index (χ3v) is 12.4. The zero-order valence-electron chi connectivity index (χ0n) is 32.0. The van der Waals surface area contributed by atoms with E-state index in [0.29, 0.717) is 58.4 Å². The predicted octanol–water partition coefficient (Wildman–Crippen LogP) is 5.15. The molecule has 16 heteroatoms. The standard InChI is InChI=1S/C42H44F2N8O6/c1-23-31(19-47-40-37(23)45-8-11-57-40)30-12-25-14-35(46-18-26(25)13-32(30)43)49-41(56)58-28-16-42(17-28)6-9-51(10-7-42)20-24-21-52(22-24)27-2-3-29(33(44)15-27)38(54)48-34-4-5-36(53)50-39(34)55/h2-3,12-15,18-19,24,28,34,45H,4-11,16-17,20-22H2,1H3,(H,48,54)(H,46,49,56)(H,50,53,55). The Balaban J connectivity index is 0.716. The van der Waals surface area contributed by atoms with Crippen LogP contribution in [0.2, 0.25) is 0 Å². The molecular formula is C42H44F2N8O6. The van der Waals surface area contributed by atoms with Gasteiger partial charge < -0.3 is 29.9 Å². The number of anilines is 3. The first kappa shape index (κ1) is 37.7. The third-order valence-electron chi connectivity index (χ3n) is 12.4. The number of hydrogen-bond donors (Lipinski definition) is 4. The van der Waals surface area contributed by atoms with Gasteiger partial charge in [-0.25, -0.2) is 23.5 Å². The number of halogens is 2. The van der Waals surface area contributed by atoms with Gasteiger partial charge in [-0.05, 0) is 105 Å². The molecule has 5 aliphatic rings. The van der Waals surface area contributed by atoms with Crippen molar-refractivity contribution in [2.75, 3.05) is 61.4 Å². The molecule has 58 heavy (non-hydrogen) atoms. The second kappa shape index (κ2) is 15.1. The summed E-state index contributed by atoms with van der Waals surface area (Å²) >= 11 is 0. The fraction of sp³-hybridized carbons (Fsp3) is 0.429. The van der Waals surface area contributed by atoms with Crippen LogP contribution in [0, 0.1) is 29.9 Å². The van der Waals surface area contributed by atoms with E-state index in [1.54, 1.807) is 24.4 Å². The molecule has 4 N–H and O–H groups in total. The van der Waals surface area contributed by atoms with Crippen LogP contribution < -0.4 is 30.9 Å². The summed E-state index contributed by atoms with van der Waals surface area (Å²) in [4.78, 5) is 62.2. The number of amides is 4. The molecule has 3 saturated heterocycles. The van der Waals surface area contributed by atoms with Gasteiger partial charge in [-0.3, -0.25) is 25.0 Å². The van der Waals surface area contributed by atoms with E-state index in [1.165, 1.54) is 24.4 Å². The number of piperidine rings is 2. The van der Waals surface area contributed by atoms with Gasteiger partial charge in [0.15, 0.2) is 0 Å². The number of carbonyl (C=O) groups excluding carboxylic acids is 4. The summed E-state index contributed by atoms with van der Waals surface area (Å²) in [6.45, 7) is 7.54. The van der Waals surface area contributed by atoms with Gasteiger partial charge >= 0.3 is 6.09 Å². The number of hydrogen-bond acceptors (Lipinski definition) is 11. The van der Waals surface area contributed by atoms with Gasteiger partial charge in [0.1, 0.15) is 41.9 Å². The van der Waals surface area contributed by atoms with Crippen molar-refractivity contribution in [1.29, 1.82) is 0 Å². The van der Waals surface area contributed by atoms with Gasteiger partial charge in [0.05, 0.1) is 5.56 Å². The van der Waals surface area contributed by atoms with Crippen LogP contribution in [0.1, 0.15) is 54.4 Å². The summed E-state index contributed by atoms with van der Waals surface area (Å²) in [5, 5.41) is 12.1. The van der Waals surface area contributed by atoms with Crippen molar-refractivity contribution < 1.29 is 37.4 Å². The third kappa shape index (κ3) is 7.48. The molecule has 4 aromatic rings. The average Bonchev–Trinajstić information content (AvgIpc) is 3.17. The highest BCUT2D eigenvalue weighted by Crippen LogP contribution is 2.50. The van der Waals surface area contributed by atoms with Crippen molar-refractivity contribution >= 4 is 51.8 Å². The second-order valence-corrected chi connectivity index (χ2v) is 16.3. The van der Waals surface area contributed by atoms with Crippen LogP contribution in [-0.2, 0) is 14.3 Å². The molecule has 9 rings (SSSR count). The lowest BCUT2D eigenvalue weighted by molar-refractivity contribution is -0.134. The molecule has 14 nitrogen and oxygen atoms in total. The minimum Gasteiger partial charge on any atom is -0.474 e. The first-order valence-corrected chi connectivity index (χ1v) is 19.8. The van der Waals surface area contributed by atoms with Crippen LogP contribution in [-0.4, -0.2) is 96.7 Å². The molecule has 4 amide bonds. The highest BCUT2D eigenvalue weighted by Gasteiger charge is 2.48. The number of carbonyl (C=O) groups is 4. The van der Waals surface area contributed by atoms with E-state index in [0.717, 1.165) is 69.7 Å². The molecule has 0 radical (unpaired) electrons. The van der Waals surface area contributed by atoms with Gasteiger partial charge in [-0.15, -0.1) is 0 Å². The number of fused-ring (bicyclic) bond motifs is 2. The number of pyridine rings is 2. The zero-order chi connectivity index (χ0) is 40.1. The molecule has 4 fully saturated rings. The Hall–Kier alpha value is -5.90. The SMILES string of the molecule is Cc1c(-c2cc3cc(NC(=O)OC4CC5(CCN(CC6CN(c7ccc(C(=O)NC8CCC(=O)NC8=O)c(F)c7)C6)CC5)C4)ncc3cc2F)cnc2c1NCCO2. The van der Waals surface area contributed by atoms with Crippen molar-refractivity contribution in [3.8, 4) is 17.0 Å². The maximum absolute atomic E-state index is 15.3. The molecule has 1 unspecified atom stereocenters. The van der Waals surface area contributed by atoms with Crippen molar-refractivity contribution in [2.24, 2.45) is 11.3 Å². The molecule has 2 aromatic heterocycles. The van der Waals surface area contributed by atoms with Gasteiger partial charge in [0, 0.05) is 73.1 Å². The van der Waals surface area contributed by atoms with Crippen LogP contribution in [0.4, 0.5) is 30.8 Å². The topological polar surface area (TPSA) is 167 Å². The van der Waals surface area contributed by atoms with Crippen LogP contribution in [0.3, 0.4) is 0 Å². The molecule has 0 bridgehead atoms. The molecule has 6 heterocycles. The van der Waals surface area contributed by atoms with Crippen LogP contribution >= 0.6 is 0 Å². The van der Waals surface area contributed by atoms with Gasteiger partial charge in [-0.2, -0.15) is 0 Å². The molecule has 1 spiro atoms. The Morgan fingerprint density at radius 3 is 2.59 bits per heavy atom. The summed E-state index contributed by atoms with van der Waals surface area (Å²) < 4.78 is 41.7. The second-order valence-electron chi connectivity index (χ2n) is 16.3. The first-order chi connectivity index (χ1) is 28.0. The smallest absolute Gasteiger partial charge is 0.413 e. The Morgan fingerprint density at radius 2 is 1.81 bits per heavy atom. The zero-order valence-corrected chi connectivity index (χ0v) is 32.0. The lowest BCUT2D eigenvalue weighted by atomic mass is 9.61. The van der Waals surface area contributed by atoms with Crippen molar-refractivity contribution in [3.05, 3.63) is 71.6 Å². The number of rotatable bonds is 8. The van der Waals surface area contributed by atoms with Gasteiger partial charge in [0.25, 0.3) is 5.91 Å². The van der Waals surface area contributed by atoms with E-state index < -0.39 is 35.6 Å². The van der Waals surface area contributed by atoms with E-state index in [1.807, 2.05) is 6.92 Å². The Labute approximate surface area is 333 Å². The molecule has 4 aliphatic heterocycles. The lowest BCUT2D eigenvalue weighted by Crippen LogP contribution is -2.55. The quantitative estimate of drug-likeness (QED) is 0.174.